The lowest BCUT2D eigenvalue weighted by molar-refractivity contribution is -0.991. The number of benzene rings is 2. The number of quaternary nitrogens is 1. The summed E-state index contributed by atoms with van der Waals surface area (Å²) in [6.07, 6.45) is -0.234. The number of carbonyl (C=O) groups is 1. The summed E-state index contributed by atoms with van der Waals surface area (Å²) in [6.45, 7) is 5.49. The molecule has 7 heteroatoms. The number of hydrogen-bond donors (Lipinski definition) is 2. The minimum Gasteiger partial charge on any atom is -0.595 e. The summed E-state index contributed by atoms with van der Waals surface area (Å²) in [6, 6.07) is 11.8. The third-order valence-corrected chi connectivity index (χ3v) is 3.96. The van der Waals surface area contributed by atoms with Crippen LogP contribution in [0, 0.1) is 12.1 Å². The van der Waals surface area contributed by atoms with Gasteiger partial charge in [-0.1, -0.05) is 12.1 Å². The standard InChI is InChI=1S/C20H21NO6/c1-12(2)26-20(22)19-13(3)27-18-8-7-16(10-17(18)19)25-11-14-5-4-6-15(9-14)21(23)24/h4-10,12,21,23H,11H2,1-3H3. The molecule has 0 bridgehead atoms. The fourth-order valence-corrected chi connectivity index (χ4v) is 2.78. The van der Waals surface area contributed by atoms with Gasteiger partial charge in [0.15, 0.2) is 5.69 Å². The van der Waals surface area contributed by atoms with Crippen LogP contribution >= 0.6 is 0 Å². The van der Waals surface area contributed by atoms with Gasteiger partial charge >= 0.3 is 5.97 Å². The van der Waals surface area contributed by atoms with Crippen LogP contribution in [0.2, 0.25) is 0 Å². The molecule has 0 aliphatic rings. The van der Waals surface area contributed by atoms with Gasteiger partial charge in [0, 0.05) is 17.5 Å². The van der Waals surface area contributed by atoms with E-state index in [1.165, 1.54) is 6.07 Å². The Bertz CT molecular complexity index is 960. The lowest BCUT2D eigenvalue weighted by atomic mass is 10.1. The van der Waals surface area contributed by atoms with Gasteiger partial charge in [-0.15, -0.1) is 0 Å². The molecule has 0 amide bonds. The van der Waals surface area contributed by atoms with E-state index < -0.39 is 11.2 Å². The Kier molecular flexibility index (Phi) is 5.46. The maximum Gasteiger partial charge on any atom is 0.342 e. The van der Waals surface area contributed by atoms with E-state index in [1.54, 1.807) is 57.2 Å². The second-order valence-corrected chi connectivity index (χ2v) is 6.44. The monoisotopic (exact) mass is 371 g/mol. The first-order valence-electron chi connectivity index (χ1n) is 8.54. The number of fused-ring (bicyclic) bond motifs is 1. The zero-order chi connectivity index (χ0) is 19.6. The number of ether oxygens (including phenoxy) is 2. The molecule has 1 unspecified atom stereocenters. The second-order valence-electron chi connectivity index (χ2n) is 6.44. The summed E-state index contributed by atoms with van der Waals surface area (Å²) in [4.78, 5) is 12.4. The molecule has 0 radical (unpaired) electrons. The van der Waals surface area contributed by atoms with E-state index in [0.29, 0.717) is 28.0 Å². The van der Waals surface area contributed by atoms with E-state index in [0.717, 1.165) is 5.56 Å². The van der Waals surface area contributed by atoms with Crippen LogP contribution in [0.4, 0.5) is 5.69 Å². The molecule has 1 aromatic heterocycles. The highest BCUT2D eigenvalue weighted by atomic mass is 16.8. The van der Waals surface area contributed by atoms with Crippen molar-refractivity contribution in [1.82, 2.24) is 0 Å². The predicted molar refractivity (Wildman–Crippen MR) is 98.1 cm³/mol. The van der Waals surface area contributed by atoms with Gasteiger partial charge in [0.05, 0.1) is 6.10 Å². The first kappa shape index (κ1) is 18.9. The van der Waals surface area contributed by atoms with E-state index >= 15 is 0 Å². The van der Waals surface area contributed by atoms with Crippen LogP contribution in [0.15, 0.2) is 46.9 Å². The predicted octanol–water partition coefficient (Wildman–Crippen LogP) is 3.29. The number of carbonyl (C=O) groups excluding carboxylic acids is 1. The Morgan fingerprint density at radius 2 is 2.04 bits per heavy atom. The van der Waals surface area contributed by atoms with Crippen molar-refractivity contribution in [2.45, 2.75) is 33.5 Å². The van der Waals surface area contributed by atoms with E-state index in [9.17, 15) is 10.0 Å². The average molecular weight is 371 g/mol. The van der Waals surface area contributed by atoms with Gasteiger partial charge in [0.1, 0.15) is 29.3 Å². The molecule has 7 nitrogen and oxygen atoms in total. The molecule has 142 valence electrons. The largest absolute Gasteiger partial charge is 0.595 e. The maximum atomic E-state index is 12.4. The fraction of sp³-hybridized carbons (Fsp3) is 0.250. The normalized spacial score (nSPS) is 12.4. The number of hydrogen-bond acceptors (Lipinski definition) is 6. The first-order valence-corrected chi connectivity index (χ1v) is 8.54. The van der Waals surface area contributed by atoms with Crippen molar-refractivity contribution in [2.75, 3.05) is 0 Å². The smallest absolute Gasteiger partial charge is 0.342 e. The quantitative estimate of drug-likeness (QED) is 0.510. The number of nitrogens with one attached hydrogen (secondary N) is 1. The van der Waals surface area contributed by atoms with Crippen LogP contribution < -0.4 is 9.96 Å². The first-order chi connectivity index (χ1) is 12.8. The number of rotatable bonds is 6. The third-order valence-electron chi connectivity index (χ3n) is 3.96. The molecule has 0 saturated heterocycles. The Labute approximate surface area is 156 Å². The Balaban J connectivity index is 1.84. The Morgan fingerprint density at radius 1 is 1.26 bits per heavy atom. The highest BCUT2D eigenvalue weighted by Gasteiger charge is 2.21. The molecule has 1 heterocycles. The number of esters is 1. The van der Waals surface area contributed by atoms with Crippen molar-refractivity contribution in [3.05, 3.63) is 64.6 Å². The van der Waals surface area contributed by atoms with E-state index in [1.807, 2.05) is 0 Å². The minimum atomic E-state index is -0.986. The number of furan rings is 1. The molecule has 3 rings (SSSR count). The lowest BCUT2D eigenvalue weighted by Crippen LogP contribution is -2.99. The van der Waals surface area contributed by atoms with Crippen molar-refractivity contribution >= 4 is 22.6 Å². The van der Waals surface area contributed by atoms with Crippen LogP contribution in [0.3, 0.4) is 0 Å². The SMILES string of the molecule is Cc1oc2ccc(OCc3cccc([NH+]([O-])O)c3)cc2c1C(=O)OC(C)C. The molecular formula is C20H21NO6. The molecule has 0 aliphatic carbocycles. The van der Waals surface area contributed by atoms with Gasteiger partial charge in [-0.2, -0.15) is 5.23 Å². The molecule has 0 aliphatic heterocycles. The summed E-state index contributed by atoms with van der Waals surface area (Å²) < 4.78 is 16.7. The van der Waals surface area contributed by atoms with Crippen LogP contribution in [0.5, 0.6) is 5.75 Å². The summed E-state index contributed by atoms with van der Waals surface area (Å²) in [5, 5.41) is 19.8. The van der Waals surface area contributed by atoms with Gasteiger partial charge in [-0.3, -0.25) is 0 Å². The van der Waals surface area contributed by atoms with Crippen LogP contribution in [-0.4, -0.2) is 17.3 Å². The highest BCUT2D eigenvalue weighted by Crippen LogP contribution is 2.30. The second kappa shape index (κ2) is 7.79. The van der Waals surface area contributed by atoms with Crippen molar-refractivity contribution in [1.29, 1.82) is 0 Å². The lowest BCUT2D eigenvalue weighted by Gasteiger charge is -2.13. The van der Waals surface area contributed by atoms with Crippen molar-refractivity contribution < 1.29 is 29.1 Å². The molecule has 0 fully saturated rings. The molecule has 3 aromatic rings. The fourth-order valence-electron chi connectivity index (χ4n) is 2.78. The maximum absolute atomic E-state index is 12.4. The van der Waals surface area contributed by atoms with Gasteiger partial charge < -0.3 is 19.1 Å². The van der Waals surface area contributed by atoms with Crippen molar-refractivity contribution in [3.8, 4) is 5.75 Å². The zero-order valence-electron chi connectivity index (χ0n) is 15.3. The molecule has 0 saturated carbocycles. The van der Waals surface area contributed by atoms with Crippen LogP contribution in [0.25, 0.3) is 11.0 Å². The molecule has 27 heavy (non-hydrogen) atoms. The summed E-state index contributed by atoms with van der Waals surface area (Å²) >= 11 is 0. The Hall–Kier alpha value is -2.87. The molecule has 1 atom stereocenters. The zero-order valence-corrected chi connectivity index (χ0v) is 15.3. The topological polar surface area (TPSA) is 96.4 Å². The van der Waals surface area contributed by atoms with Gasteiger partial charge in [-0.25, -0.2) is 10.0 Å². The molecular weight excluding hydrogens is 350 g/mol. The van der Waals surface area contributed by atoms with Gasteiger partial charge in [0.2, 0.25) is 0 Å². The highest BCUT2D eigenvalue weighted by molar-refractivity contribution is 6.04. The van der Waals surface area contributed by atoms with Gasteiger partial charge in [0.25, 0.3) is 0 Å². The third kappa shape index (κ3) is 4.28. The van der Waals surface area contributed by atoms with E-state index in [4.69, 9.17) is 19.1 Å². The summed E-state index contributed by atoms with van der Waals surface area (Å²) in [5.41, 5.74) is 1.90. The summed E-state index contributed by atoms with van der Waals surface area (Å²) in [5.74, 6) is 0.595. The molecule has 0 spiro atoms. The van der Waals surface area contributed by atoms with Crippen molar-refractivity contribution in [2.24, 2.45) is 0 Å². The molecule has 2 N–H and O–H groups in total. The summed E-state index contributed by atoms with van der Waals surface area (Å²) in [7, 11) is 0. The molecule has 2 aromatic carbocycles. The number of aryl methyl sites for hydroxylation is 1. The average Bonchev–Trinajstić information content (AvgIpc) is 2.94. The minimum absolute atomic E-state index is 0.204. The van der Waals surface area contributed by atoms with Crippen molar-refractivity contribution in [3.63, 3.8) is 0 Å². The van der Waals surface area contributed by atoms with E-state index in [2.05, 4.69) is 0 Å². The van der Waals surface area contributed by atoms with Crippen LogP contribution in [-0.2, 0) is 11.3 Å². The Morgan fingerprint density at radius 3 is 2.74 bits per heavy atom. The van der Waals surface area contributed by atoms with E-state index in [-0.39, 0.29) is 18.4 Å². The van der Waals surface area contributed by atoms with Crippen LogP contribution in [0.1, 0.15) is 35.5 Å². The van der Waals surface area contributed by atoms with Gasteiger partial charge in [-0.05, 0) is 44.5 Å².